The van der Waals surface area contributed by atoms with Crippen LogP contribution in [-0.2, 0) is 4.79 Å². The van der Waals surface area contributed by atoms with Crippen molar-refractivity contribution in [2.24, 2.45) is 5.92 Å². The molecule has 0 radical (unpaired) electrons. The first-order valence-corrected chi connectivity index (χ1v) is 8.32. The molecule has 2 heterocycles. The zero-order valence-electron chi connectivity index (χ0n) is 12.1. The molecule has 0 N–H and O–H groups in total. The van der Waals surface area contributed by atoms with E-state index in [0.29, 0.717) is 5.78 Å². The summed E-state index contributed by atoms with van der Waals surface area (Å²) in [6.07, 6.45) is 9.74. The van der Waals surface area contributed by atoms with Gasteiger partial charge in [-0.3, -0.25) is 9.69 Å². The van der Waals surface area contributed by atoms with Crippen LogP contribution in [0.5, 0.6) is 0 Å². The Morgan fingerprint density at radius 1 is 0.895 bits per heavy atom. The molecule has 0 amide bonds. The van der Waals surface area contributed by atoms with Crippen LogP contribution < -0.4 is 0 Å². The summed E-state index contributed by atoms with van der Waals surface area (Å²) < 4.78 is 0. The summed E-state index contributed by atoms with van der Waals surface area (Å²) in [5.41, 5.74) is 0. The number of Topliss-reactive ketones (excluding diaryl/α,β-unsaturated/α-hetero) is 1. The second-order valence-corrected chi connectivity index (χ2v) is 6.71. The Kier molecular flexibility index (Phi) is 4.54. The van der Waals surface area contributed by atoms with Crippen LogP contribution in [0.4, 0.5) is 0 Å². The lowest BCUT2D eigenvalue weighted by atomic mass is 9.89. The van der Waals surface area contributed by atoms with Crippen molar-refractivity contribution in [2.45, 2.75) is 57.4 Å². The quantitative estimate of drug-likeness (QED) is 0.781. The summed E-state index contributed by atoms with van der Waals surface area (Å²) in [6, 6.07) is 0.279. The maximum Gasteiger partial charge on any atom is 0.149 e. The molecular weight excluding hydrogens is 236 g/mol. The van der Waals surface area contributed by atoms with Gasteiger partial charge in [-0.2, -0.15) is 0 Å². The van der Waals surface area contributed by atoms with Crippen LogP contribution in [0.1, 0.15) is 51.4 Å². The number of hydrogen-bond donors (Lipinski definition) is 0. The van der Waals surface area contributed by atoms with Crippen molar-refractivity contribution in [3.05, 3.63) is 0 Å². The molecule has 3 fully saturated rings. The molecular formula is C16H28N2O. The van der Waals surface area contributed by atoms with Gasteiger partial charge in [0.05, 0.1) is 6.04 Å². The molecule has 0 bridgehead atoms. The van der Waals surface area contributed by atoms with Crippen LogP contribution in [0, 0.1) is 5.92 Å². The highest BCUT2D eigenvalue weighted by atomic mass is 16.1. The monoisotopic (exact) mass is 264 g/mol. The molecule has 3 nitrogen and oxygen atoms in total. The first-order valence-electron chi connectivity index (χ1n) is 8.32. The molecule has 1 unspecified atom stereocenters. The minimum atomic E-state index is 0.279. The smallest absolute Gasteiger partial charge is 0.149 e. The lowest BCUT2D eigenvalue weighted by Gasteiger charge is -2.39. The summed E-state index contributed by atoms with van der Waals surface area (Å²) in [6.45, 7) is 6.28. The summed E-state index contributed by atoms with van der Waals surface area (Å²) >= 11 is 0. The van der Waals surface area contributed by atoms with E-state index in [0.717, 1.165) is 38.3 Å². The summed E-state index contributed by atoms with van der Waals surface area (Å²) in [4.78, 5) is 17.1. The zero-order valence-corrected chi connectivity index (χ0v) is 12.1. The molecule has 0 aromatic heterocycles. The van der Waals surface area contributed by atoms with Crippen molar-refractivity contribution in [3.8, 4) is 0 Å². The van der Waals surface area contributed by atoms with Gasteiger partial charge in [-0.1, -0.05) is 6.42 Å². The minimum Gasteiger partial charge on any atom is -0.303 e. The Bertz CT molecular complexity index is 304. The van der Waals surface area contributed by atoms with E-state index in [4.69, 9.17) is 0 Å². The van der Waals surface area contributed by atoms with Crippen LogP contribution in [0.25, 0.3) is 0 Å². The SMILES string of the molecule is O=C1CCCCC1N1CCC(CN2CCCC2)CC1. The molecule has 3 heteroatoms. The van der Waals surface area contributed by atoms with Gasteiger partial charge in [-0.25, -0.2) is 0 Å². The Balaban J connectivity index is 1.44. The first-order chi connectivity index (χ1) is 9.33. The van der Waals surface area contributed by atoms with Gasteiger partial charge in [0.25, 0.3) is 0 Å². The fourth-order valence-corrected chi connectivity index (χ4v) is 4.13. The van der Waals surface area contributed by atoms with E-state index in [1.54, 1.807) is 0 Å². The maximum absolute atomic E-state index is 12.0. The van der Waals surface area contributed by atoms with Gasteiger partial charge >= 0.3 is 0 Å². The molecule has 108 valence electrons. The highest BCUT2D eigenvalue weighted by Gasteiger charge is 2.31. The number of carbonyl (C=O) groups excluding carboxylic acids is 1. The molecule has 3 rings (SSSR count). The number of nitrogens with zero attached hydrogens (tertiary/aromatic N) is 2. The van der Waals surface area contributed by atoms with E-state index >= 15 is 0 Å². The molecule has 2 aliphatic heterocycles. The normalized spacial score (nSPS) is 32.0. The van der Waals surface area contributed by atoms with Crippen LogP contribution >= 0.6 is 0 Å². The first kappa shape index (κ1) is 13.6. The summed E-state index contributed by atoms with van der Waals surface area (Å²) in [7, 11) is 0. The number of rotatable bonds is 3. The Morgan fingerprint density at radius 2 is 1.63 bits per heavy atom. The van der Waals surface area contributed by atoms with Crippen molar-refractivity contribution < 1.29 is 4.79 Å². The molecule has 1 atom stereocenters. The topological polar surface area (TPSA) is 23.6 Å². The van der Waals surface area contributed by atoms with Gasteiger partial charge in [0.1, 0.15) is 5.78 Å². The average molecular weight is 264 g/mol. The predicted octanol–water partition coefficient (Wildman–Crippen LogP) is 2.31. The second kappa shape index (κ2) is 6.36. The molecule has 1 aliphatic carbocycles. The third-order valence-electron chi connectivity index (χ3n) is 5.33. The zero-order chi connectivity index (χ0) is 13.1. The van der Waals surface area contributed by atoms with Crippen LogP contribution in [0.15, 0.2) is 0 Å². The van der Waals surface area contributed by atoms with Gasteiger partial charge in [0.2, 0.25) is 0 Å². The van der Waals surface area contributed by atoms with Crippen molar-refractivity contribution in [2.75, 3.05) is 32.7 Å². The van der Waals surface area contributed by atoms with E-state index in [9.17, 15) is 4.79 Å². The molecule has 0 aromatic carbocycles. The highest BCUT2D eigenvalue weighted by Crippen LogP contribution is 2.26. The van der Waals surface area contributed by atoms with Gasteiger partial charge in [0, 0.05) is 13.0 Å². The number of carbonyl (C=O) groups is 1. The van der Waals surface area contributed by atoms with E-state index < -0.39 is 0 Å². The number of piperidine rings is 1. The lowest BCUT2D eigenvalue weighted by molar-refractivity contribution is -0.126. The number of ketones is 1. The molecule has 2 saturated heterocycles. The minimum absolute atomic E-state index is 0.279. The Hall–Kier alpha value is -0.410. The average Bonchev–Trinajstić information content (AvgIpc) is 2.93. The summed E-state index contributed by atoms with van der Waals surface area (Å²) in [5.74, 6) is 1.40. The Morgan fingerprint density at radius 3 is 2.32 bits per heavy atom. The maximum atomic E-state index is 12.0. The molecule has 0 spiro atoms. The van der Waals surface area contributed by atoms with E-state index in [1.807, 2.05) is 0 Å². The van der Waals surface area contributed by atoms with E-state index in [2.05, 4.69) is 9.80 Å². The third-order valence-corrected chi connectivity index (χ3v) is 5.33. The highest BCUT2D eigenvalue weighted by molar-refractivity contribution is 5.84. The van der Waals surface area contributed by atoms with Crippen molar-refractivity contribution >= 4 is 5.78 Å². The fraction of sp³-hybridized carbons (Fsp3) is 0.938. The molecule has 19 heavy (non-hydrogen) atoms. The molecule has 3 aliphatic rings. The number of likely N-dealkylation sites (tertiary alicyclic amines) is 2. The van der Waals surface area contributed by atoms with Crippen LogP contribution in [0.3, 0.4) is 0 Å². The van der Waals surface area contributed by atoms with Crippen molar-refractivity contribution in [3.63, 3.8) is 0 Å². The third kappa shape index (κ3) is 3.38. The van der Waals surface area contributed by atoms with Gasteiger partial charge in [-0.05, 0) is 70.6 Å². The predicted molar refractivity (Wildman–Crippen MR) is 77.2 cm³/mol. The largest absolute Gasteiger partial charge is 0.303 e. The number of hydrogen-bond acceptors (Lipinski definition) is 3. The van der Waals surface area contributed by atoms with Crippen LogP contribution in [0.2, 0.25) is 0 Å². The van der Waals surface area contributed by atoms with Crippen molar-refractivity contribution in [1.82, 2.24) is 9.80 Å². The molecule has 0 aromatic rings. The van der Waals surface area contributed by atoms with E-state index in [1.165, 1.54) is 51.7 Å². The lowest BCUT2D eigenvalue weighted by Crippen LogP contribution is -2.47. The van der Waals surface area contributed by atoms with Crippen molar-refractivity contribution in [1.29, 1.82) is 0 Å². The van der Waals surface area contributed by atoms with Crippen LogP contribution in [-0.4, -0.2) is 54.3 Å². The van der Waals surface area contributed by atoms with Gasteiger partial charge in [0.15, 0.2) is 0 Å². The second-order valence-electron chi connectivity index (χ2n) is 6.71. The fourth-order valence-electron chi connectivity index (χ4n) is 4.13. The standard InChI is InChI=1S/C16H28N2O/c19-16-6-2-1-5-15(16)18-11-7-14(8-12-18)13-17-9-3-4-10-17/h14-15H,1-13H2. The molecule has 1 saturated carbocycles. The Labute approximate surface area is 117 Å². The van der Waals surface area contributed by atoms with E-state index in [-0.39, 0.29) is 6.04 Å². The van der Waals surface area contributed by atoms with Gasteiger partial charge in [-0.15, -0.1) is 0 Å². The summed E-state index contributed by atoms with van der Waals surface area (Å²) in [5, 5.41) is 0. The van der Waals surface area contributed by atoms with Gasteiger partial charge < -0.3 is 4.90 Å².